The summed E-state index contributed by atoms with van der Waals surface area (Å²) in [5.74, 6) is 2.25. The van der Waals surface area contributed by atoms with E-state index in [2.05, 4.69) is 139 Å². The molecule has 1 heterocycles. The van der Waals surface area contributed by atoms with E-state index in [-0.39, 0.29) is 10.8 Å². The van der Waals surface area contributed by atoms with Crippen LogP contribution in [0.5, 0.6) is 0 Å². The quantitative estimate of drug-likeness (QED) is 0.175. The second-order valence-electron chi connectivity index (χ2n) is 17.4. The van der Waals surface area contributed by atoms with E-state index in [1.54, 1.807) is 22.3 Å². The molecule has 2 heteroatoms. The first-order valence-electron chi connectivity index (χ1n) is 20.9. The molecule has 0 radical (unpaired) electrons. The van der Waals surface area contributed by atoms with Crippen LogP contribution in [0.15, 0.2) is 127 Å². The van der Waals surface area contributed by atoms with E-state index < -0.39 is 0 Å². The van der Waals surface area contributed by atoms with Gasteiger partial charge in [-0.25, -0.2) is 0 Å². The fraction of sp³-hybridized carbons (Fsp3) is 0.308. The van der Waals surface area contributed by atoms with E-state index in [1.807, 2.05) is 11.3 Å². The molecule has 5 aliphatic carbocycles. The van der Waals surface area contributed by atoms with Gasteiger partial charge in [0, 0.05) is 42.4 Å². The number of rotatable bonds is 4. The maximum Gasteiger partial charge on any atom is 0.0554 e. The Hall–Kier alpha value is -4.66. The lowest BCUT2D eigenvalue weighted by atomic mass is 9.49. The van der Waals surface area contributed by atoms with Crippen molar-refractivity contribution in [1.29, 1.82) is 0 Å². The van der Waals surface area contributed by atoms with Gasteiger partial charge < -0.3 is 4.90 Å². The second kappa shape index (κ2) is 11.7. The Morgan fingerprint density at radius 2 is 1.22 bits per heavy atom. The molecule has 0 saturated heterocycles. The fourth-order valence-electron chi connectivity index (χ4n) is 13.1. The highest BCUT2D eigenvalue weighted by Crippen LogP contribution is 2.66. The molecule has 2 spiro atoms. The topological polar surface area (TPSA) is 3.24 Å². The lowest BCUT2D eigenvalue weighted by Crippen LogP contribution is -2.49. The van der Waals surface area contributed by atoms with E-state index in [0.29, 0.717) is 11.8 Å². The van der Waals surface area contributed by atoms with Gasteiger partial charge in [0.1, 0.15) is 0 Å². The first kappa shape index (κ1) is 31.7. The number of thiophene rings is 1. The third kappa shape index (κ3) is 4.11. The minimum atomic E-state index is 0.102. The summed E-state index contributed by atoms with van der Waals surface area (Å²) in [5.41, 5.74) is 16.3. The summed E-state index contributed by atoms with van der Waals surface area (Å²) >= 11 is 1.92. The van der Waals surface area contributed by atoms with Gasteiger partial charge in [0.15, 0.2) is 0 Å². The van der Waals surface area contributed by atoms with Crippen molar-refractivity contribution >= 4 is 48.6 Å². The number of fused-ring (bicyclic) bond motifs is 11. The number of anilines is 3. The molecule has 5 aliphatic rings. The number of nitrogens with zero attached hydrogens (tertiary/aromatic N) is 1. The predicted molar refractivity (Wildman–Crippen MR) is 229 cm³/mol. The number of hydrogen-bond acceptors (Lipinski definition) is 2. The van der Waals surface area contributed by atoms with E-state index in [9.17, 15) is 0 Å². The van der Waals surface area contributed by atoms with Gasteiger partial charge in [-0.15, -0.1) is 11.3 Å². The van der Waals surface area contributed by atoms with Crippen LogP contribution in [0, 0.1) is 17.8 Å². The van der Waals surface area contributed by atoms with E-state index in [1.165, 1.54) is 124 Å². The van der Waals surface area contributed by atoms with E-state index in [4.69, 9.17) is 0 Å². The first-order valence-corrected chi connectivity index (χ1v) is 21.7. The normalized spacial score (nSPS) is 24.2. The van der Waals surface area contributed by atoms with E-state index >= 15 is 0 Å². The average Bonchev–Trinajstić information content (AvgIpc) is 3.98. The SMILES string of the molecule is CCC1CC2CCCC(C1)C21c2ccccc2-c2ccc(N(c3ccc4c(c3)-c3ccccc3C43CCCC3)c3cccc4sc5ccccc5c34)cc21. The van der Waals surface area contributed by atoms with Crippen LogP contribution in [0.1, 0.15) is 93.4 Å². The van der Waals surface area contributed by atoms with Gasteiger partial charge in [-0.05, 0) is 143 Å². The molecule has 0 aliphatic heterocycles. The zero-order chi connectivity index (χ0) is 35.6. The zero-order valence-corrected chi connectivity index (χ0v) is 32.1. The zero-order valence-electron chi connectivity index (χ0n) is 31.3. The Balaban J connectivity index is 1.12. The van der Waals surface area contributed by atoms with Crippen molar-refractivity contribution in [2.75, 3.05) is 4.90 Å². The third-order valence-electron chi connectivity index (χ3n) is 15.2. The summed E-state index contributed by atoms with van der Waals surface area (Å²) in [6.45, 7) is 2.43. The molecule has 2 bridgehead atoms. The van der Waals surface area contributed by atoms with Crippen molar-refractivity contribution in [3.05, 3.63) is 150 Å². The standard InChI is InChI=1S/C52H47NS/c1-2-33-29-34-13-11-14-35(30-33)52(34)45-19-7-4-15-38(45)40-25-23-37(32-46(40)52)53(47-20-12-22-49-50(47)41-17-5-8-21-48(41)54-49)36-24-26-44-42(31-36)39-16-3-6-18-43(39)51(44)27-9-10-28-51/h3-8,12,15-26,31-35H,2,9-11,13-14,27-30H2,1H3. The van der Waals surface area contributed by atoms with Crippen LogP contribution in [-0.2, 0) is 10.8 Å². The molecule has 266 valence electrons. The highest BCUT2D eigenvalue weighted by atomic mass is 32.1. The summed E-state index contributed by atoms with van der Waals surface area (Å²) in [6, 6.07) is 50.1. The molecular formula is C52H47NS. The summed E-state index contributed by atoms with van der Waals surface area (Å²) in [4.78, 5) is 2.65. The Morgan fingerprint density at radius 1 is 0.574 bits per heavy atom. The molecule has 54 heavy (non-hydrogen) atoms. The van der Waals surface area contributed by atoms with Crippen LogP contribution < -0.4 is 4.90 Å². The molecule has 2 atom stereocenters. The molecular weight excluding hydrogens is 671 g/mol. The lowest BCUT2D eigenvalue weighted by molar-refractivity contribution is 0.0492. The van der Waals surface area contributed by atoms with Gasteiger partial charge in [0.05, 0.1) is 5.69 Å². The van der Waals surface area contributed by atoms with Gasteiger partial charge in [-0.2, -0.15) is 0 Å². The molecule has 0 N–H and O–H groups in total. The van der Waals surface area contributed by atoms with Crippen LogP contribution in [0.4, 0.5) is 17.1 Å². The Morgan fingerprint density at radius 3 is 2.04 bits per heavy atom. The Kier molecular flexibility index (Phi) is 6.84. The van der Waals surface area contributed by atoms with Crippen LogP contribution in [-0.4, -0.2) is 0 Å². The summed E-state index contributed by atoms with van der Waals surface area (Å²) in [5, 5.41) is 2.72. The van der Waals surface area contributed by atoms with Crippen molar-refractivity contribution in [2.45, 2.75) is 82.0 Å². The molecule has 0 amide bonds. The molecule has 1 nitrogen and oxygen atoms in total. The lowest BCUT2D eigenvalue weighted by Gasteiger charge is -2.55. The van der Waals surface area contributed by atoms with Crippen molar-refractivity contribution in [3.8, 4) is 22.3 Å². The Bertz CT molecular complexity index is 2620. The third-order valence-corrected chi connectivity index (χ3v) is 16.3. The van der Waals surface area contributed by atoms with E-state index in [0.717, 1.165) is 5.92 Å². The highest BCUT2D eigenvalue weighted by molar-refractivity contribution is 7.26. The van der Waals surface area contributed by atoms with Crippen molar-refractivity contribution in [1.82, 2.24) is 0 Å². The van der Waals surface area contributed by atoms with Gasteiger partial charge in [0.25, 0.3) is 0 Å². The van der Waals surface area contributed by atoms with Crippen LogP contribution in [0.2, 0.25) is 0 Å². The predicted octanol–water partition coefficient (Wildman–Crippen LogP) is 14.9. The van der Waals surface area contributed by atoms with Crippen LogP contribution in [0.3, 0.4) is 0 Å². The minimum absolute atomic E-state index is 0.102. The molecule has 3 saturated carbocycles. The monoisotopic (exact) mass is 717 g/mol. The van der Waals surface area contributed by atoms with Gasteiger partial charge in [-0.1, -0.05) is 118 Å². The van der Waals surface area contributed by atoms with Gasteiger partial charge in [-0.3, -0.25) is 0 Å². The first-order chi connectivity index (χ1) is 26.7. The maximum absolute atomic E-state index is 2.68. The average molecular weight is 718 g/mol. The molecule has 3 fully saturated rings. The summed E-state index contributed by atoms with van der Waals surface area (Å²) in [7, 11) is 0. The summed E-state index contributed by atoms with van der Waals surface area (Å²) < 4.78 is 2.71. The molecule has 7 aromatic rings. The largest absolute Gasteiger partial charge is 0.310 e. The van der Waals surface area contributed by atoms with Crippen LogP contribution in [0.25, 0.3) is 42.4 Å². The Labute approximate surface area is 323 Å². The number of benzene rings is 6. The summed E-state index contributed by atoms with van der Waals surface area (Å²) in [6.07, 6.45) is 13.3. The van der Waals surface area contributed by atoms with Crippen molar-refractivity contribution in [3.63, 3.8) is 0 Å². The van der Waals surface area contributed by atoms with Gasteiger partial charge in [0.2, 0.25) is 0 Å². The van der Waals surface area contributed by atoms with Crippen LogP contribution >= 0.6 is 11.3 Å². The molecule has 1 aromatic heterocycles. The number of hydrogen-bond donors (Lipinski definition) is 0. The maximum atomic E-state index is 2.68. The highest BCUT2D eigenvalue weighted by Gasteiger charge is 2.57. The molecule has 6 aromatic carbocycles. The molecule has 12 rings (SSSR count). The van der Waals surface area contributed by atoms with Gasteiger partial charge >= 0.3 is 0 Å². The second-order valence-corrected chi connectivity index (χ2v) is 18.4. The molecule has 2 unspecified atom stereocenters. The smallest absolute Gasteiger partial charge is 0.0554 e. The fourth-order valence-corrected chi connectivity index (χ4v) is 14.2. The van der Waals surface area contributed by atoms with Crippen molar-refractivity contribution < 1.29 is 0 Å². The minimum Gasteiger partial charge on any atom is -0.310 e. The van der Waals surface area contributed by atoms with Crippen molar-refractivity contribution in [2.24, 2.45) is 17.8 Å².